The van der Waals surface area contributed by atoms with Crippen LogP contribution < -0.4 is 10.9 Å². The Hall–Kier alpha value is -3.00. The number of nitrogens with zero attached hydrogens (tertiary/aromatic N) is 5. The lowest BCUT2D eigenvalue weighted by Gasteiger charge is -2.21. The number of aromatic nitrogens is 5. The molecule has 24 heavy (non-hydrogen) atoms. The molecule has 3 aromatic rings. The Morgan fingerprint density at radius 1 is 1.12 bits per heavy atom. The second-order valence-electron chi connectivity index (χ2n) is 5.52. The van der Waals surface area contributed by atoms with Crippen LogP contribution in [0.1, 0.15) is 6.04 Å². The third-order valence-electron chi connectivity index (χ3n) is 3.95. The monoisotopic (exact) mass is 324 g/mol. The summed E-state index contributed by atoms with van der Waals surface area (Å²) in [5.74, 6) is 0.592. The number of anilines is 1. The minimum atomic E-state index is -0.193. The van der Waals surface area contributed by atoms with Gasteiger partial charge in [-0.25, -0.2) is 9.36 Å². The van der Waals surface area contributed by atoms with Gasteiger partial charge in [-0.3, -0.25) is 9.78 Å². The maximum absolute atomic E-state index is 12.3. The average Bonchev–Trinajstić information content (AvgIpc) is 3.28. The molecule has 2 atom stereocenters. The molecule has 2 unspecified atom stereocenters. The third kappa shape index (κ3) is 2.79. The number of rotatable bonds is 4. The molecule has 4 heterocycles. The first kappa shape index (κ1) is 14.6. The lowest BCUT2D eigenvalue weighted by molar-refractivity contribution is 0.182. The summed E-state index contributed by atoms with van der Waals surface area (Å²) in [6.07, 6.45) is 6.89. The number of pyridine rings is 1. The van der Waals surface area contributed by atoms with E-state index in [1.807, 2.05) is 18.2 Å². The summed E-state index contributed by atoms with van der Waals surface area (Å²) < 4.78 is 8.68. The fourth-order valence-electron chi connectivity index (χ4n) is 2.76. The predicted octanol–water partition coefficient (Wildman–Crippen LogP) is 0.876. The first-order valence-corrected chi connectivity index (χ1v) is 7.65. The topological polar surface area (TPSA) is 86.9 Å². The van der Waals surface area contributed by atoms with Crippen molar-refractivity contribution in [3.05, 3.63) is 65.5 Å². The Kier molecular flexibility index (Phi) is 3.80. The minimum Gasteiger partial charge on any atom is -0.378 e. The van der Waals surface area contributed by atoms with Crippen molar-refractivity contribution in [3.8, 4) is 5.82 Å². The van der Waals surface area contributed by atoms with E-state index >= 15 is 0 Å². The molecule has 1 saturated heterocycles. The molecule has 0 bridgehead atoms. The average molecular weight is 324 g/mol. The van der Waals surface area contributed by atoms with Crippen molar-refractivity contribution in [3.63, 3.8) is 0 Å². The Bertz CT molecular complexity index is 862. The summed E-state index contributed by atoms with van der Waals surface area (Å²) in [4.78, 5) is 16.3. The van der Waals surface area contributed by atoms with Gasteiger partial charge in [-0.05, 0) is 24.3 Å². The normalized spacial score (nSPS) is 20.2. The molecule has 8 nitrogen and oxygen atoms in total. The Balaban J connectivity index is 1.64. The van der Waals surface area contributed by atoms with Crippen LogP contribution in [-0.4, -0.2) is 43.8 Å². The smallest absolute Gasteiger partial charge is 0.267 e. The zero-order valence-electron chi connectivity index (χ0n) is 12.8. The lowest BCUT2D eigenvalue weighted by atomic mass is 10.1. The van der Waals surface area contributed by atoms with Gasteiger partial charge in [0.15, 0.2) is 5.82 Å². The van der Waals surface area contributed by atoms with Crippen LogP contribution in [0, 0.1) is 0 Å². The second kappa shape index (κ2) is 6.25. The van der Waals surface area contributed by atoms with Crippen molar-refractivity contribution >= 4 is 5.69 Å². The van der Waals surface area contributed by atoms with E-state index in [1.54, 1.807) is 35.5 Å². The Morgan fingerprint density at radius 2 is 2.00 bits per heavy atom. The highest BCUT2D eigenvalue weighted by Gasteiger charge is 2.31. The first-order valence-electron chi connectivity index (χ1n) is 7.65. The number of hydrogen-bond acceptors (Lipinski definition) is 6. The summed E-state index contributed by atoms with van der Waals surface area (Å²) in [5, 5.41) is 12.0. The molecule has 1 aliphatic rings. The fourth-order valence-corrected chi connectivity index (χ4v) is 2.76. The lowest BCUT2D eigenvalue weighted by Crippen LogP contribution is -2.37. The number of hydrogen-bond donors (Lipinski definition) is 1. The van der Waals surface area contributed by atoms with E-state index in [-0.39, 0.29) is 17.6 Å². The van der Waals surface area contributed by atoms with Crippen molar-refractivity contribution in [2.24, 2.45) is 0 Å². The van der Waals surface area contributed by atoms with Gasteiger partial charge in [0.25, 0.3) is 5.56 Å². The molecule has 1 N–H and O–H groups in total. The van der Waals surface area contributed by atoms with Gasteiger partial charge in [0, 0.05) is 36.5 Å². The van der Waals surface area contributed by atoms with Crippen molar-refractivity contribution in [1.29, 1.82) is 0 Å². The standard InChI is InChI=1S/C16H16N6O2/c23-16-3-2-15(21-9-1-6-18-21)20-22(16)14-11-24-10-13(14)19-12-4-7-17-8-5-12/h1-9,13-14H,10-11H2,(H,17,19). The quantitative estimate of drug-likeness (QED) is 0.766. The maximum Gasteiger partial charge on any atom is 0.267 e. The molecule has 122 valence electrons. The molecule has 8 heteroatoms. The highest BCUT2D eigenvalue weighted by molar-refractivity contribution is 5.42. The van der Waals surface area contributed by atoms with Crippen LogP contribution >= 0.6 is 0 Å². The summed E-state index contributed by atoms with van der Waals surface area (Å²) in [6.45, 7) is 0.936. The van der Waals surface area contributed by atoms with Crippen LogP contribution in [-0.2, 0) is 4.74 Å². The van der Waals surface area contributed by atoms with Gasteiger partial charge in [-0.1, -0.05) is 0 Å². The van der Waals surface area contributed by atoms with Crippen LogP contribution in [0.15, 0.2) is 59.9 Å². The molecular weight excluding hydrogens is 308 g/mol. The summed E-state index contributed by atoms with van der Waals surface area (Å²) >= 11 is 0. The van der Waals surface area contributed by atoms with Crippen LogP contribution in [0.25, 0.3) is 5.82 Å². The van der Waals surface area contributed by atoms with Gasteiger partial charge in [0.2, 0.25) is 0 Å². The van der Waals surface area contributed by atoms with Gasteiger partial charge in [-0.2, -0.15) is 5.10 Å². The summed E-state index contributed by atoms with van der Waals surface area (Å²) in [5.41, 5.74) is 0.768. The minimum absolute atomic E-state index is 0.0505. The fraction of sp³-hybridized carbons (Fsp3) is 0.250. The molecule has 0 aliphatic carbocycles. The zero-order valence-corrected chi connectivity index (χ0v) is 12.8. The van der Waals surface area contributed by atoms with Crippen molar-refractivity contribution in [1.82, 2.24) is 24.5 Å². The van der Waals surface area contributed by atoms with Crippen molar-refractivity contribution in [2.75, 3.05) is 18.5 Å². The predicted molar refractivity (Wildman–Crippen MR) is 87.1 cm³/mol. The van der Waals surface area contributed by atoms with E-state index in [9.17, 15) is 4.79 Å². The Morgan fingerprint density at radius 3 is 2.79 bits per heavy atom. The van der Waals surface area contributed by atoms with Crippen molar-refractivity contribution in [2.45, 2.75) is 12.1 Å². The number of nitrogens with one attached hydrogen (secondary N) is 1. The summed E-state index contributed by atoms with van der Waals surface area (Å²) in [7, 11) is 0. The van der Waals surface area contributed by atoms with Gasteiger partial charge in [-0.15, -0.1) is 5.10 Å². The zero-order chi connectivity index (χ0) is 16.4. The summed E-state index contributed by atoms with van der Waals surface area (Å²) in [6, 6.07) is 8.49. The molecule has 1 fully saturated rings. The van der Waals surface area contributed by atoms with E-state index in [0.29, 0.717) is 19.0 Å². The molecule has 0 saturated carbocycles. The molecule has 0 spiro atoms. The van der Waals surface area contributed by atoms with Crippen LogP contribution in [0.3, 0.4) is 0 Å². The molecular formula is C16H16N6O2. The van der Waals surface area contributed by atoms with E-state index in [2.05, 4.69) is 20.5 Å². The molecule has 3 aromatic heterocycles. The van der Waals surface area contributed by atoms with E-state index in [1.165, 1.54) is 10.7 Å². The van der Waals surface area contributed by atoms with E-state index in [0.717, 1.165) is 5.69 Å². The van der Waals surface area contributed by atoms with Crippen molar-refractivity contribution < 1.29 is 4.74 Å². The molecule has 4 rings (SSSR count). The van der Waals surface area contributed by atoms with Crippen LogP contribution in [0.5, 0.6) is 0 Å². The Labute approximate surface area is 137 Å². The third-order valence-corrected chi connectivity index (χ3v) is 3.95. The molecule has 0 amide bonds. The van der Waals surface area contributed by atoms with E-state index in [4.69, 9.17) is 4.74 Å². The second-order valence-corrected chi connectivity index (χ2v) is 5.52. The number of ether oxygens (including phenoxy) is 1. The van der Waals surface area contributed by atoms with Gasteiger partial charge < -0.3 is 10.1 Å². The van der Waals surface area contributed by atoms with Crippen LogP contribution in [0.4, 0.5) is 5.69 Å². The molecule has 1 aliphatic heterocycles. The van der Waals surface area contributed by atoms with Gasteiger partial charge in [0.05, 0.1) is 19.3 Å². The van der Waals surface area contributed by atoms with Crippen LogP contribution in [0.2, 0.25) is 0 Å². The van der Waals surface area contributed by atoms with Gasteiger partial charge >= 0.3 is 0 Å². The SMILES string of the molecule is O=c1ccc(-n2cccn2)nn1C1COCC1Nc1ccncc1. The first-order chi connectivity index (χ1) is 11.8. The molecule has 0 aromatic carbocycles. The highest BCUT2D eigenvalue weighted by atomic mass is 16.5. The van der Waals surface area contributed by atoms with Gasteiger partial charge in [0.1, 0.15) is 6.04 Å². The maximum atomic E-state index is 12.3. The largest absolute Gasteiger partial charge is 0.378 e. The van der Waals surface area contributed by atoms with E-state index < -0.39 is 0 Å². The highest BCUT2D eigenvalue weighted by Crippen LogP contribution is 2.21. The molecule has 0 radical (unpaired) electrons.